The molecule has 1 aliphatic heterocycles. The molecular formula is C20H27N3O6S3. The lowest BCUT2D eigenvalue weighted by atomic mass is 10.1. The first-order valence-electron chi connectivity index (χ1n) is 10.2. The fraction of sp³-hybridized carbons (Fsp3) is 0.450. The Morgan fingerprint density at radius 3 is 2.69 bits per heavy atom. The Morgan fingerprint density at radius 1 is 1.34 bits per heavy atom. The predicted molar refractivity (Wildman–Crippen MR) is 125 cm³/mol. The van der Waals surface area contributed by atoms with Gasteiger partial charge in [0.25, 0.3) is 11.0 Å². The predicted octanol–water partition coefficient (Wildman–Crippen LogP) is 4.14. The van der Waals surface area contributed by atoms with Crippen LogP contribution in [0.25, 0.3) is 0 Å². The highest BCUT2D eigenvalue weighted by molar-refractivity contribution is 8.00. The van der Waals surface area contributed by atoms with Gasteiger partial charge in [-0.05, 0) is 55.1 Å². The van der Waals surface area contributed by atoms with Crippen LogP contribution in [0.5, 0.6) is 0 Å². The van der Waals surface area contributed by atoms with Gasteiger partial charge < -0.3 is 10.2 Å². The van der Waals surface area contributed by atoms with Gasteiger partial charge in [-0.25, -0.2) is 8.42 Å². The van der Waals surface area contributed by atoms with Crippen molar-refractivity contribution in [3.63, 3.8) is 0 Å². The molecule has 12 heteroatoms. The standard InChI is InChI=1S/C18H21N3O6S3.C2H6/c1-3-19-15-8-11(2)30(25,26)18-14(15)9-16(28-18)29-20-17(22)13-7-5-4-6-12(13)10-27-21(23)24;1-2/h4-7,9,11,15,19H,3,8,10H2,1-2H3,(H,20,22);1-2H3. The van der Waals surface area contributed by atoms with Crippen LogP contribution in [0.2, 0.25) is 0 Å². The summed E-state index contributed by atoms with van der Waals surface area (Å²) >= 11 is 2.16. The molecule has 176 valence electrons. The molecule has 0 bridgehead atoms. The van der Waals surface area contributed by atoms with Crippen molar-refractivity contribution >= 4 is 39.0 Å². The van der Waals surface area contributed by atoms with Gasteiger partial charge in [-0.3, -0.25) is 9.52 Å². The van der Waals surface area contributed by atoms with Crippen LogP contribution in [0.4, 0.5) is 0 Å². The number of nitrogens with zero attached hydrogens (tertiary/aromatic N) is 1. The fourth-order valence-electron chi connectivity index (χ4n) is 3.23. The van der Waals surface area contributed by atoms with Crippen molar-refractivity contribution in [2.75, 3.05) is 6.54 Å². The lowest BCUT2D eigenvalue weighted by molar-refractivity contribution is -0.763. The number of fused-ring (bicyclic) bond motifs is 1. The van der Waals surface area contributed by atoms with E-state index in [1.54, 1.807) is 37.3 Å². The normalized spacial score (nSPS) is 18.6. The summed E-state index contributed by atoms with van der Waals surface area (Å²) in [5.74, 6) is -0.451. The number of benzene rings is 1. The van der Waals surface area contributed by atoms with Gasteiger partial charge in [-0.2, -0.15) is 0 Å². The molecule has 9 nitrogen and oxygen atoms in total. The number of amides is 1. The molecule has 2 N–H and O–H groups in total. The summed E-state index contributed by atoms with van der Waals surface area (Å²) in [4.78, 5) is 27.4. The SMILES string of the molecule is CC.CCNC1CC(C)S(=O)(=O)c2sc(SNC(=O)c3ccccc3CO[N+](=O)[O-])cc21. The molecule has 1 aromatic carbocycles. The van der Waals surface area contributed by atoms with Crippen LogP contribution in [-0.2, 0) is 21.3 Å². The molecule has 1 aliphatic rings. The lowest BCUT2D eigenvalue weighted by Gasteiger charge is -2.27. The van der Waals surface area contributed by atoms with Crippen LogP contribution in [0.15, 0.2) is 38.8 Å². The van der Waals surface area contributed by atoms with E-state index in [9.17, 15) is 23.3 Å². The quantitative estimate of drug-likeness (QED) is 0.314. The number of nitrogens with one attached hydrogen (secondary N) is 2. The summed E-state index contributed by atoms with van der Waals surface area (Å²) in [6.07, 6.45) is 0.500. The number of rotatable bonds is 8. The average Bonchev–Trinajstić information content (AvgIpc) is 3.22. The van der Waals surface area contributed by atoms with Gasteiger partial charge in [0.05, 0.1) is 9.46 Å². The van der Waals surface area contributed by atoms with Crippen molar-refractivity contribution in [2.45, 2.75) is 60.4 Å². The van der Waals surface area contributed by atoms with E-state index < -0.39 is 26.1 Å². The Kier molecular flexibility index (Phi) is 9.49. The number of carbonyl (C=O) groups is 1. The molecule has 1 amide bonds. The van der Waals surface area contributed by atoms with Crippen LogP contribution >= 0.6 is 23.3 Å². The molecule has 2 aromatic rings. The van der Waals surface area contributed by atoms with Gasteiger partial charge in [-0.15, -0.1) is 21.5 Å². The lowest BCUT2D eigenvalue weighted by Crippen LogP contribution is -2.33. The van der Waals surface area contributed by atoms with Crippen molar-refractivity contribution in [1.29, 1.82) is 0 Å². The van der Waals surface area contributed by atoms with Crippen LogP contribution in [0.3, 0.4) is 0 Å². The van der Waals surface area contributed by atoms with E-state index in [0.717, 1.165) is 35.4 Å². The minimum atomic E-state index is -3.39. The highest BCUT2D eigenvalue weighted by Gasteiger charge is 2.38. The zero-order chi connectivity index (χ0) is 23.9. The van der Waals surface area contributed by atoms with E-state index in [1.807, 2.05) is 20.8 Å². The van der Waals surface area contributed by atoms with Gasteiger partial charge in [-0.1, -0.05) is 39.0 Å². The molecule has 0 saturated heterocycles. The van der Waals surface area contributed by atoms with Crippen molar-refractivity contribution in [3.8, 4) is 0 Å². The number of thiophene rings is 1. The topological polar surface area (TPSA) is 128 Å². The zero-order valence-electron chi connectivity index (χ0n) is 18.3. The molecule has 0 aliphatic carbocycles. The number of hydrogen-bond donors (Lipinski definition) is 2. The molecule has 32 heavy (non-hydrogen) atoms. The average molecular weight is 502 g/mol. The third kappa shape index (κ3) is 6.00. The maximum atomic E-state index is 12.7. The first kappa shape index (κ1) is 26.1. The monoisotopic (exact) mass is 501 g/mol. The summed E-state index contributed by atoms with van der Waals surface area (Å²) in [6, 6.07) is 8.16. The van der Waals surface area contributed by atoms with E-state index in [4.69, 9.17) is 0 Å². The minimum Gasteiger partial charge on any atom is -0.310 e. The van der Waals surface area contributed by atoms with E-state index in [1.165, 1.54) is 0 Å². The van der Waals surface area contributed by atoms with Crippen molar-refractivity contribution < 1.29 is 23.1 Å². The van der Waals surface area contributed by atoms with E-state index >= 15 is 0 Å². The summed E-state index contributed by atoms with van der Waals surface area (Å²) in [5.41, 5.74) is 1.36. The first-order valence-corrected chi connectivity index (χ1v) is 13.3. The largest absolute Gasteiger partial charge is 0.310 e. The number of hydrogen-bond acceptors (Lipinski definition) is 9. The van der Waals surface area contributed by atoms with Gasteiger partial charge >= 0.3 is 0 Å². The van der Waals surface area contributed by atoms with E-state index in [-0.39, 0.29) is 18.2 Å². The van der Waals surface area contributed by atoms with Gasteiger partial charge in [0.15, 0.2) is 9.84 Å². The molecule has 0 saturated carbocycles. The number of sulfone groups is 1. The molecule has 1 aromatic heterocycles. The Labute approximate surface area is 196 Å². The molecule has 2 unspecified atom stereocenters. The fourth-order valence-corrected chi connectivity index (χ4v) is 7.68. The molecule has 2 atom stereocenters. The van der Waals surface area contributed by atoms with E-state index in [2.05, 4.69) is 14.9 Å². The van der Waals surface area contributed by atoms with Crippen molar-refractivity contribution in [2.24, 2.45) is 0 Å². The second kappa shape index (κ2) is 11.6. The molecule has 2 heterocycles. The second-order valence-corrected chi connectivity index (χ2v) is 11.4. The molecule has 0 spiro atoms. The third-order valence-electron chi connectivity index (χ3n) is 4.72. The summed E-state index contributed by atoms with van der Waals surface area (Å²) < 4.78 is 29.1. The Morgan fingerprint density at radius 2 is 2.03 bits per heavy atom. The summed E-state index contributed by atoms with van der Waals surface area (Å²) in [5, 5.41) is 12.4. The van der Waals surface area contributed by atoms with Crippen LogP contribution < -0.4 is 10.0 Å². The van der Waals surface area contributed by atoms with Crippen molar-refractivity contribution in [1.82, 2.24) is 10.0 Å². The number of carbonyl (C=O) groups excluding carboxylic acids is 1. The first-order chi connectivity index (χ1) is 15.2. The molecule has 3 rings (SSSR count). The minimum absolute atomic E-state index is 0.0511. The zero-order valence-corrected chi connectivity index (χ0v) is 20.7. The Bertz CT molecular complexity index is 1050. The van der Waals surface area contributed by atoms with Gasteiger partial charge in [0.2, 0.25) is 0 Å². The molecular weight excluding hydrogens is 474 g/mol. The molecule has 0 fully saturated rings. The Balaban J connectivity index is 0.00000176. The molecule has 0 radical (unpaired) electrons. The van der Waals surface area contributed by atoms with E-state index in [0.29, 0.717) is 20.4 Å². The van der Waals surface area contributed by atoms with Gasteiger partial charge in [0, 0.05) is 11.6 Å². The second-order valence-electron chi connectivity index (χ2n) is 6.70. The van der Waals surface area contributed by atoms with Crippen LogP contribution in [0, 0.1) is 10.1 Å². The highest BCUT2D eigenvalue weighted by atomic mass is 32.2. The summed E-state index contributed by atoms with van der Waals surface area (Å²) in [7, 11) is -3.39. The van der Waals surface area contributed by atoms with Crippen molar-refractivity contribution in [3.05, 3.63) is 57.1 Å². The maximum absolute atomic E-state index is 12.7. The van der Waals surface area contributed by atoms with Gasteiger partial charge in [0.1, 0.15) is 10.8 Å². The highest BCUT2D eigenvalue weighted by Crippen LogP contribution is 2.43. The van der Waals surface area contributed by atoms with Crippen LogP contribution in [0.1, 0.15) is 61.6 Å². The maximum Gasteiger partial charge on any atom is 0.294 e. The smallest absolute Gasteiger partial charge is 0.294 e. The summed E-state index contributed by atoms with van der Waals surface area (Å²) in [6.45, 7) is 8.06. The van der Waals surface area contributed by atoms with Crippen LogP contribution in [-0.4, -0.2) is 31.2 Å². The Hall–Kier alpha value is -2.15. The third-order valence-corrected chi connectivity index (χ3v) is 9.51.